The van der Waals surface area contributed by atoms with E-state index in [1.807, 2.05) is 0 Å². The van der Waals surface area contributed by atoms with Crippen LogP contribution in [0.15, 0.2) is 4.79 Å². The number of nitrogens with two attached hydrogens (primary N) is 1. The maximum absolute atomic E-state index is 11.5. The molecule has 1 aromatic heterocycles. The highest BCUT2D eigenvalue weighted by Crippen LogP contribution is 2.32. The molecule has 84 valence electrons. The van der Waals surface area contributed by atoms with E-state index in [2.05, 4.69) is 5.10 Å². The van der Waals surface area contributed by atoms with E-state index in [0.29, 0.717) is 18.5 Å². The summed E-state index contributed by atoms with van der Waals surface area (Å²) in [7, 11) is 0. The first-order chi connectivity index (χ1) is 7.24. The molecule has 5 heteroatoms. The Hall–Kier alpha value is -1.23. The van der Waals surface area contributed by atoms with Gasteiger partial charge in [0.2, 0.25) is 5.88 Å². The maximum atomic E-state index is 11.5. The second-order valence-electron chi connectivity index (χ2n) is 4.09. The van der Waals surface area contributed by atoms with E-state index in [-0.39, 0.29) is 17.5 Å². The molecule has 1 heterocycles. The van der Waals surface area contributed by atoms with Gasteiger partial charge in [0.1, 0.15) is 0 Å². The number of aromatic amines is 1. The standard InChI is InChI=1S/C10H17N3O2/c11-6-5-8-9(14)12-13(10(8)15)7-3-1-2-4-7/h7,15H,1-6,11H2,(H,12,14). The second kappa shape index (κ2) is 4.10. The lowest BCUT2D eigenvalue weighted by Gasteiger charge is -2.11. The van der Waals surface area contributed by atoms with Gasteiger partial charge in [0, 0.05) is 0 Å². The highest BCUT2D eigenvalue weighted by molar-refractivity contribution is 5.24. The van der Waals surface area contributed by atoms with E-state index in [1.54, 1.807) is 4.68 Å². The minimum Gasteiger partial charge on any atom is -0.493 e. The van der Waals surface area contributed by atoms with E-state index in [9.17, 15) is 9.90 Å². The van der Waals surface area contributed by atoms with Crippen molar-refractivity contribution < 1.29 is 5.11 Å². The van der Waals surface area contributed by atoms with Crippen LogP contribution in [0.25, 0.3) is 0 Å². The lowest BCUT2D eigenvalue weighted by atomic mass is 10.2. The van der Waals surface area contributed by atoms with Gasteiger partial charge in [-0.15, -0.1) is 0 Å². The van der Waals surface area contributed by atoms with Crippen LogP contribution < -0.4 is 11.3 Å². The summed E-state index contributed by atoms with van der Waals surface area (Å²) < 4.78 is 1.61. The fourth-order valence-corrected chi connectivity index (χ4v) is 2.27. The predicted octanol–water partition coefficient (Wildman–Crippen LogP) is 0.498. The first-order valence-corrected chi connectivity index (χ1v) is 5.46. The van der Waals surface area contributed by atoms with Crippen molar-refractivity contribution in [2.24, 2.45) is 5.73 Å². The molecule has 4 N–H and O–H groups in total. The fourth-order valence-electron chi connectivity index (χ4n) is 2.27. The van der Waals surface area contributed by atoms with Crippen molar-refractivity contribution in [1.82, 2.24) is 9.78 Å². The zero-order chi connectivity index (χ0) is 10.8. The average molecular weight is 211 g/mol. The van der Waals surface area contributed by atoms with Gasteiger partial charge < -0.3 is 10.8 Å². The molecule has 0 radical (unpaired) electrons. The molecule has 0 atom stereocenters. The number of aromatic nitrogens is 2. The van der Waals surface area contributed by atoms with Crippen LogP contribution in [0.2, 0.25) is 0 Å². The van der Waals surface area contributed by atoms with Gasteiger partial charge in [-0.25, -0.2) is 0 Å². The highest BCUT2D eigenvalue weighted by atomic mass is 16.3. The minimum atomic E-state index is -0.204. The van der Waals surface area contributed by atoms with Crippen molar-refractivity contribution in [2.45, 2.75) is 38.1 Å². The van der Waals surface area contributed by atoms with Crippen LogP contribution >= 0.6 is 0 Å². The molecule has 0 amide bonds. The maximum Gasteiger partial charge on any atom is 0.271 e. The summed E-state index contributed by atoms with van der Waals surface area (Å²) in [6.07, 6.45) is 4.81. The lowest BCUT2D eigenvalue weighted by molar-refractivity contribution is 0.353. The van der Waals surface area contributed by atoms with Crippen LogP contribution in [0.1, 0.15) is 37.3 Å². The Bertz CT molecular complexity index is 388. The van der Waals surface area contributed by atoms with Crippen molar-refractivity contribution in [3.8, 4) is 5.88 Å². The summed E-state index contributed by atoms with van der Waals surface area (Å²) in [5, 5.41) is 12.6. The molecule has 5 nitrogen and oxygen atoms in total. The number of H-pyrrole nitrogens is 1. The molecule has 0 unspecified atom stereocenters. The third-order valence-electron chi connectivity index (χ3n) is 3.08. The number of nitrogens with one attached hydrogen (secondary N) is 1. The van der Waals surface area contributed by atoms with E-state index in [1.165, 1.54) is 0 Å². The summed E-state index contributed by atoms with van der Waals surface area (Å²) in [6.45, 7) is 0.380. The molecule has 1 saturated carbocycles. The van der Waals surface area contributed by atoms with Crippen molar-refractivity contribution in [2.75, 3.05) is 6.54 Å². The van der Waals surface area contributed by atoms with Crippen LogP contribution in [0, 0.1) is 0 Å². The highest BCUT2D eigenvalue weighted by Gasteiger charge is 2.22. The van der Waals surface area contributed by atoms with Crippen molar-refractivity contribution in [3.63, 3.8) is 0 Å². The first kappa shape index (κ1) is 10.3. The van der Waals surface area contributed by atoms with Crippen LogP contribution in [0.4, 0.5) is 0 Å². The first-order valence-electron chi connectivity index (χ1n) is 5.46. The van der Waals surface area contributed by atoms with E-state index in [0.717, 1.165) is 25.7 Å². The Labute approximate surface area is 87.9 Å². The summed E-state index contributed by atoms with van der Waals surface area (Å²) in [5.41, 5.74) is 5.60. The molecule has 1 fully saturated rings. The Kier molecular flexibility index (Phi) is 2.81. The number of hydrogen-bond acceptors (Lipinski definition) is 3. The Morgan fingerprint density at radius 3 is 2.73 bits per heavy atom. The van der Waals surface area contributed by atoms with Gasteiger partial charge in [0.25, 0.3) is 5.56 Å². The van der Waals surface area contributed by atoms with Crippen LogP contribution in [0.5, 0.6) is 5.88 Å². The summed E-state index contributed by atoms with van der Waals surface area (Å²) in [4.78, 5) is 11.5. The molecular weight excluding hydrogens is 194 g/mol. The third kappa shape index (κ3) is 1.79. The molecule has 0 bridgehead atoms. The van der Waals surface area contributed by atoms with Gasteiger partial charge in [-0.2, -0.15) is 0 Å². The number of aromatic hydroxyl groups is 1. The van der Waals surface area contributed by atoms with Crippen LogP contribution in [0.3, 0.4) is 0 Å². The molecule has 1 aromatic rings. The second-order valence-corrected chi connectivity index (χ2v) is 4.09. The van der Waals surface area contributed by atoms with Crippen molar-refractivity contribution >= 4 is 0 Å². The van der Waals surface area contributed by atoms with Gasteiger partial charge in [0.15, 0.2) is 0 Å². The largest absolute Gasteiger partial charge is 0.493 e. The van der Waals surface area contributed by atoms with E-state index < -0.39 is 0 Å². The molecule has 2 rings (SSSR count). The topological polar surface area (TPSA) is 84.0 Å². The number of nitrogens with zero attached hydrogens (tertiary/aromatic N) is 1. The predicted molar refractivity (Wildman–Crippen MR) is 57.0 cm³/mol. The molecule has 0 saturated heterocycles. The van der Waals surface area contributed by atoms with Crippen molar-refractivity contribution in [3.05, 3.63) is 15.9 Å². The van der Waals surface area contributed by atoms with Crippen LogP contribution in [-0.4, -0.2) is 21.4 Å². The normalized spacial score (nSPS) is 17.4. The minimum absolute atomic E-state index is 0.0809. The van der Waals surface area contributed by atoms with E-state index in [4.69, 9.17) is 5.73 Å². The zero-order valence-electron chi connectivity index (χ0n) is 8.70. The quantitative estimate of drug-likeness (QED) is 0.680. The molecule has 15 heavy (non-hydrogen) atoms. The average Bonchev–Trinajstić information content (AvgIpc) is 2.81. The number of rotatable bonds is 3. The van der Waals surface area contributed by atoms with Gasteiger partial charge in [0.05, 0.1) is 11.6 Å². The Morgan fingerprint density at radius 2 is 2.13 bits per heavy atom. The monoisotopic (exact) mass is 211 g/mol. The van der Waals surface area contributed by atoms with Crippen LogP contribution in [-0.2, 0) is 6.42 Å². The summed E-state index contributed by atoms with van der Waals surface area (Å²) in [5.74, 6) is 0.0809. The van der Waals surface area contributed by atoms with Gasteiger partial charge in [-0.05, 0) is 25.8 Å². The van der Waals surface area contributed by atoms with Gasteiger partial charge in [-0.1, -0.05) is 12.8 Å². The smallest absolute Gasteiger partial charge is 0.271 e. The summed E-state index contributed by atoms with van der Waals surface area (Å²) in [6, 6.07) is 0.254. The molecule has 0 aromatic carbocycles. The molecule has 0 aliphatic heterocycles. The fraction of sp³-hybridized carbons (Fsp3) is 0.700. The molecular formula is C10H17N3O2. The number of hydrogen-bond donors (Lipinski definition) is 3. The molecule has 0 spiro atoms. The Balaban J connectivity index is 2.32. The zero-order valence-corrected chi connectivity index (χ0v) is 8.70. The van der Waals surface area contributed by atoms with Gasteiger partial charge >= 0.3 is 0 Å². The lowest BCUT2D eigenvalue weighted by Crippen LogP contribution is -2.12. The van der Waals surface area contributed by atoms with Crippen molar-refractivity contribution in [1.29, 1.82) is 0 Å². The third-order valence-corrected chi connectivity index (χ3v) is 3.08. The van der Waals surface area contributed by atoms with E-state index >= 15 is 0 Å². The summed E-state index contributed by atoms with van der Waals surface area (Å²) >= 11 is 0. The molecule has 1 aliphatic rings. The van der Waals surface area contributed by atoms with Gasteiger partial charge in [-0.3, -0.25) is 14.6 Å². The SMILES string of the molecule is NCCc1c(O)n(C2CCCC2)[nH]c1=O. The molecule has 1 aliphatic carbocycles. The Morgan fingerprint density at radius 1 is 1.47 bits per heavy atom.